The van der Waals surface area contributed by atoms with Crippen molar-refractivity contribution in [1.82, 2.24) is 5.32 Å². The fourth-order valence-corrected chi connectivity index (χ4v) is 1.59. The second-order valence-corrected chi connectivity index (χ2v) is 3.51. The Bertz CT molecular complexity index is 359. The zero-order valence-electron chi connectivity index (χ0n) is 10.2. The van der Waals surface area contributed by atoms with Crippen molar-refractivity contribution < 1.29 is 4.74 Å². The van der Waals surface area contributed by atoms with Crippen LogP contribution in [0.4, 0.5) is 0 Å². The molecule has 1 unspecified atom stereocenters. The van der Waals surface area contributed by atoms with Crippen LogP contribution in [-0.4, -0.2) is 13.7 Å². The van der Waals surface area contributed by atoms with Crippen LogP contribution in [0.1, 0.15) is 31.9 Å². The van der Waals surface area contributed by atoms with Crippen LogP contribution in [0.5, 0.6) is 5.75 Å². The number of benzene rings is 1. The summed E-state index contributed by atoms with van der Waals surface area (Å²) in [5, 5.41) is 3.43. The van der Waals surface area contributed by atoms with E-state index in [2.05, 4.69) is 36.2 Å². The van der Waals surface area contributed by atoms with Gasteiger partial charge in [-0.1, -0.05) is 19.1 Å². The van der Waals surface area contributed by atoms with Crippen LogP contribution in [-0.2, 0) is 0 Å². The molecule has 1 aromatic rings. The molecule has 0 fully saturated rings. The lowest BCUT2D eigenvalue weighted by Crippen LogP contribution is -2.20. The van der Waals surface area contributed by atoms with E-state index in [1.54, 1.807) is 7.11 Å². The molecule has 1 rings (SSSR count). The first-order valence-electron chi connectivity index (χ1n) is 5.58. The lowest BCUT2D eigenvalue weighted by Gasteiger charge is -2.15. The summed E-state index contributed by atoms with van der Waals surface area (Å²) in [7, 11) is 1.68. The first kappa shape index (κ1) is 12.6. The Morgan fingerprint density at radius 1 is 1.31 bits per heavy atom. The second-order valence-electron chi connectivity index (χ2n) is 3.51. The van der Waals surface area contributed by atoms with Gasteiger partial charge in [-0.2, -0.15) is 0 Å². The molecular weight excluding hydrogens is 198 g/mol. The van der Waals surface area contributed by atoms with Gasteiger partial charge in [0.05, 0.1) is 7.11 Å². The summed E-state index contributed by atoms with van der Waals surface area (Å²) < 4.78 is 5.14. The van der Waals surface area contributed by atoms with Crippen molar-refractivity contribution >= 4 is 0 Å². The number of nitrogens with one attached hydrogen (secondary N) is 1. The van der Waals surface area contributed by atoms with E-state index in [-0.39, 0.29) is 0 Å². The maximum atomic E-state index is 5.14. The van der Waals surface area contributed by atoms with Crippen LogP contribution in [0.15, 0.2) is 24.3 Å². The minimum Gasteiger partial charge on any atom is -0.497 e. The molecule has 0 aliphatic heterocycles. The van der Waals surface area contributed by atoms with Crippen molar-refractivity contribution in [2.45, 2.75) is 26.3 Å². The molecule has 0 saturated heterocycles. The van der Waals surface area contributed by atoms with Crippen molar-refractivity contribution in [2.75, 3.05) is 13.7 Å². The number of rotatable bonds is 5. The summed E-state index contributed by atoms with van der Waals surface area (Å²) in [6.07, 6.45) is 0.844. The van der Waals surface area contributed by atoms with Crippen molar-refractivity contribution in [3.8, 4) is 17.6 Å². The number of hydrogen-bond donors (Lipinski definition) is 1. The van der Waals surface area contributed by atoms with Gasteiger partial charge < -0.3 is 10.1 Å². The smallest absolute Gasteiger partial charge is 0.118 e. The standard InChI is InChI=1S/C14H19NO/c1-4-6-7-14(15-5-2)12-8-10-13(16-3)11-9-12/h8-11,14-15H,5,7H2,1-3H3. The Morgan fingerprint density at radius 2 is 2.00 bits per heavy atom. The zero-order chi connectivity index (χ0) is 11.8. The van der Waals surface area contributed by atoms with E-state index >= 15 is 0 Å². The highest BCUT2D eigenvalue weighted by Crippen LogP contribution is 2.19. The molecule has 1 N–H and O–H groups in total. The van der Waals surface area contributed by atoms with Gasteiger partial charge in [0.25, 0.3) is 0 Å². The van der Waals surface area contributed by atoms with Crippen LogP contribution in [0, 0.1) is 11.8 Å². The molecule has 16 heavy (non-hydrogen) atoms. The van der Waals surface area contributed by atoms with Crippen molar-refractivity contribution in [3.05, 3.63) is 29.8 Å². The van der Waals surface area contributed by atoms with Gasteiger partial charge in [-0.15, -0.1) is 11.8 Å². The molecule has 0 amide bonds. The molecule has 0 saturated carbocycles. The van der Waals surface area contributed by atoms with Gasteiger partial charge in [0.15, 0.2) is 0 Å². The Balaban J connectivity index is 2.77. The maximum absolute atomic E-state index is 5.14. The Hall–Kier alpha value is -1.46. The molecule has 0 spiro atoms. The highest BCUT2D eigenvalue weighted by atomic mass is 16.5. The van der Waals surface area contributed by atoms with E-state index in [1.165, 1.54) is 5.56 Å². The van der Waals surface area contributed by atoms with Gasteiger partial charge in [-0.3, -0.25) is 0 Å². The van der Waals surface area contributed by atoms with Gasteiger partial charge in [0.1, 0.15) is 5.75 Å². The van der Waals surface area contributed by atoms with Crippen LogP contribution < -0.4 is 10.1 Å². The molecule has 0 aliphatic carbocycles. The third-order valence-electron chi connectivity index (χ3n) is 2.45. The third kappa shape index (κ3) is 3.60. The SMILES string of the molecule is CC#CCC(NCC)c1ccc(OC)cc1. The van der Waals surface area contributed by atoms with Crippen LogP contribution >= 0.6 is 0 Å². The largest absolute Gasteiger partial charge is 0.497 e. The number of hydrogen-bond acceptors (Lipinski definition) is 2. The molecule has 86 valence electrons. The zero-order valence-corrected chi connectivity index (χ0v) is 10.2. The van der Waals surface area contributed by atoms with Gasteiger partial charge in [-0.05, 0) is 31.2 Å². The van der Waals surface area contributed by atoms with Crippen molar-refractivity contribution in [1.29, 1.82) is 0 Å². The summed E-state index contributed by atoms with van der Waals surface area (Å²) >= 11 is 0. The summed E-state index contributed by atoms with van der Waals surface area (Å²) in [5.74, 6) is 6.94. The molecule has 0 aromatic heterocycles. The minimum absolute atomic E-state index is 0.309. The summed E-state index contributed by atoms with van der Waals surface area (Å²) in [5.41, 5.74) is 1.26. The van der Waals surface area contributed by atoms with Crippen molar-refractivity contribution in [3.63, 3.8) is 0 Å². The second kappa shape index (κ2) is 6.92. The first-order valence-corrected chi connectivity index (χ1v) is 5.58. The molecular formula is C14H19NO. The van der Waals surface area contributed by atoms with Crippen LogP contribution in [0.2, 0.25) is 0 Å². The molecule has 1 aromatic carbocycles. The molecule has 2 nitrogen and oxygen atoms in total. The average molecular weight is 217 g/mol. The van der Waals surface area contributed by atoms with Crippen molar-refractivity contribution in [2.24, 2.45) is 0 Å². The van der Waals surface area contributed by atoms with E-state index in [9.17, 15) is 0 Å². The topological polar surface area (TPSA) is 21.3 Å². The van der Waals surface area contributed by atoms with Crippen LogP contribution in [0.3, 0.4) is 0 Å². The third-order valence-corrected chi connectivity index (χ3v) is 2.45. The van der Waals surface area contributed by atoms with Gasteiger partial charge in [0.2, 0.25) is 0 Å². The number of ether oxygens (including phenoxy) is 1. The highest BCUT2D eigenvalue weighted by molar-refractivity contribution is 5.29. The van der Waals surface area contributed by atoms with Gasteiger partial charge >= 0.3 is 0 Å². The van der Waals surface area contributed by atoms with Gasteiger partial charge in [0, 0.05) is 12.5 Å². The maximum Gasteiger partial charge on any atom is 0.118 e. The summed E-state index contributed by atoms with van der Waals surface area (Å²) in [6, 6.07) is 8.45. The van der Waals surface area contributed by atoms with E-state index in [4.69, 9.17) is 4.74 Å². The molecule has 0 aliphatic rings. The monoisotopic (exact) mass is 217 g/mol. The van der Waals surface area contributed by atoms with E-state index in [0.29, 0.717) is 6.04 Å². The Morgan fingerprint density at radius 3 is 2.50 bits per heavy atom. The molecule has 1 atom stereocenters. The highest BCUT2D eigenvalue weighted by Gasteiger charge is 2.08. The number of methoxy groups -OCH3 is 1. The Kier molecular flexibility index (Phi) is 5.45. The molecule has 2 heteroatoms. The van der Waals surface area contributed by atoms with E-state index in [0.717, 1.165) is 18.7 Å². The lowest BCUT2D eigenvalue weighted by molar-refractivity contribution is 0.414. The summed E-state index contributed by atoms with van der Waals surface area (Å²) in [4.78, 5) is 0. The average Bonchev–Trinajstić information content (AvgIpc) is 2.35. The predicted octanol–water partition coefficient (Wildman–Crippen LogP) is 2.76. The fraction of sp³-hybridized carbons (Fsp3) is 0.429. The molecule has 0 heterocycles. The first-order chi connectivity index (χ1) is 7.81. The summed E-state index contributed by atoms with van der Waals surface area (Å²) in [6.45, 7) is 4.93. The van der Waals surface area contributed by atoms with E-state index < -0.39 is 0 Å². The Labute approximate surface area is 98.0 Å². The minimum atomic E-state index is 0.309. The van der Waals surface area contributed by atoms with Crippen LogP contribution in [0.25, 0.3) is 0 Å². The quantitative estimate of drug-likeness (QED) is 0.766. The normalized spacial score (nSPS) is 11.4. The van der Waals surface area contributed by atoms with Gasteiger partial charge in [-0.25, -0.2) is 0 Å². The lowest BCUT2D eigenvalue weighted by atomic mass is 10.0. The van der Waals surface area contributed by atoms with E-state index in [1.807, 2.05) is 19.1 Å². The predicted molar refractivity (Wildman–Crippen MR) is 67.5 cm³/mol. The fourth-order valence-electron chi connectivity index (χ4n) is 1.59. The molecule has 0 bridgehead atoms. The molecule has 0 radical (unpaired) electrons.